The highest BCUT2D eigenvalue weighted by molar-refractivity contribution is 6.31. The molecule has 186 valence electrons. The number of carbonyl (C=O) groups excluding carboxylic acids is 2. The lowest BCUT2D eigenvalue weighted by Gasteiger charge is -2.45. The van der Waals surface area contributed by atoms with E-state index in [1.165, 1.54) is 6.21 Å². The summed E-state index contributed by atoms with van der Waals surface area (Å²) in [5.74, 6) is -1.12. The van der Waals surface area contributed by atoms with Crippen LogP contribution in [0.15, 0.2) is 102 Å². The minimum absolute atomic E-state index is 0.153. The van der Waals surface area contributed by atoms with Gasteiger partial charge in [-0.1, -0.05) is 90.5 Å². The highest BCUT2D eigenvalue weighted by Gasteiger charge is 2.61. The third kappa shape index (κ3) is 3.42. The zero-order valence-electron chi connectivity index (χ0n) is 20.3. The molecule has 0 saturated carbocycles. The van der Waals surface area contributed by atoms with Crippen LogP contribution in [0.25, 0.3) is 0 Å². The molecule has 1 fully saturated rings. The zero-order chi connectivity index (χ0) is 25.8. The Kier molecular flexibility index (Phi) is 5.41. The first-order valence-electron chi connectivity index (χ1n) is 12.7. The number of benzene rings is 4. The Hall–Kier alpha value is -4.22. The molecular formula is C32H23ClN2O3. The van der Waals surface area contributed by atoms with Crippen LogP contribution < -0.4 is 4.74 Å². The van der Waals surface area contributed by atoms with Gasteiger partial charge in [-0.3, -0.25) is 9.59 Å². The number of rotatable bonds is 5. The molecule has 2 bridgehead atoms. The van der Waals surface area contributed by atoms with E-state index >= 15 is 0 Å². The number of amides is 2. The second-order valence-corrected chi connectivity index (χ2v) is 10.3. The van der Waals surface area contributed by atoms with Crippen molar-refractivity contribution >= 4 is 29.6 Å². The Morgan fingerprint density at radius 3 is 1.79 bits per heavy atom. The fraction of sp³-hybridized carbons (Fsp3) is 0.156. The predicted molar refractivity (Wildman–Crippen MR) is 145 cm³/mol. The third-order valence-corrected chi connectivity index (χ3v) is 8.37. The van der Waals surface area contributed by atoms with Crippen molar-refractivity contribution in [1.82, 2.24) is 5.01 Å². The van der Waals surface area contributed by atoms with Crippen molar-refractivity contribution in [2.24, 2.45) is 16.9 Å². The standard InChI is InChI=1S/C32H23ClN2O3/c33-25-15-7-1-10-20(25)18-38-26-16-8-2-9-19(26)17-34-35-31(36)29-27-21-11-3-4-12-22(21)28(30(29)32(35)37)24-14-6-5-13-23(24)27/h1-17,27-30H,18H2/b34-17-/t27?,28?,29-,30+. The summed E-state index contributed by atoms with van der Waals surface area (Å²) < 4.78 is 6.03. The van der Waals surface area contributed by atoms with E-state index < -0.39 is 11.8 Å². The van der Waals surface area contributed by atoms with Crippen LogP contribution in [0.3, 0.4) is 0 Å². The van der Waals surface area contributed by atoms with Crippen molar-refractivity contribution in [3.63, 3.8) is 0 Å². The van der Waals surface area contributed by atoms with Crippen molar-refractivity contribution in [2.75, 3.05) is 0 Å². The van der Waals surface area contributed by atoms with E-state index in [0.717, 1.165) is 32.8 Å². The first-order chi connectivity index (χ1) is 18.6. The van der Waals surface area contributed by atoms with Crippen LogP contribution in [0.2, 0.25) is 5.02 Å². The molecule has 1 aliphatic heterocycles. The van der Waals surface area contributed by atoms with Crippen molar-refractivity contribution < 1.29 is 14.3 Å². The van der Waals surface area contributed by atoms with Gasteiger partial charge in [-0.15, -0.1) is 0 Å². The summed E-state index contributed by atoms with van der Waals surface area (Å²) in [4.78, 5) is 27.5. The largest absolute Gasteiger partial charge is 0.488 e. The Morgan fingerprint density at radius 2 is 1.21 bits per heavy atom. The molecule has 0 spiro atoms. The molecule has 1 heterocycles. The number of carbonyl (C=O) groups is 2. The molecule has 0 N–H and O–H groups in total. The Morgan fingerprint density at radius 1 is 0.711 bits per heavy atom. The summed E-state index contributed by atoms with van der Waals surface area (Å²) >= 11 is 6.28. The lowest BCUT2D eigenvalue weighted by atomic mass is 9.55. The van der Waals surface area contributed by atoms with Crippen molar-refractivity contribution in [3.8, 4) is 5.75 Å². The molecule has 4 aromatic rings. The van der Waals surface area contributed by atoms with Crippen LogP contribution in [0.1, 0.15) is 45.2 Å². The summed E-state index contributed by atoms with van der Waals surface area (Å²) in [6, 6.07) is 31.3. The first-order valence-corrected chi connectivity index (χ1v) is 13.1. The first kappa shape index (κ1) is 22.9. The van der Waals surface area contributed by atoms with Crippen LogP contribution in [0.5, 0.6) is 5.75 Å². The molecule has 38 heavy (non-hydrogen) atoms. The number of para-hydroxylation sites is 1. The smallest absolute Gasteiger partial charge is 0.254 e. The minimum atomic E-state index is -0.457. The maximum Gasteiger partial charge on any atom is 0.254 e. The topological polar surface area (TPSA) is 59.0 Å². The normalized spacial score (nSPS) is 22.9. The summed E-state index contributed by atoms with van der Waals surface area (Å²) in [7, 11) is 0. The van der Waals surface area contributed by atoms with Crippen LogP contribution in [-0.4, -0.2) is 23.0 Å². The zero-order valence-corrected chi connectivity index (χ0v) is 21.1. The minimum Gasteiger partial charge on any atom is -0.488 e. The average molecular weight is 519 g/mol. The molecule has 6 heteroatoms. The van der Waals surface area contributed by atoms with Crippen molar-refractivity contribution in [2.45, 2.75) is 18.4 Å². The SMILES string of the molecule is O=C1[C@@H]2C3c4ccccc4C(c4ccccc43)[C@@H]2C(=O)N1/N=C\c1ccccc1OCc1ccccc1Cl. The van der Waals surface area contributed by atoms with Gasteiger partial charge in [0.1, 0.15) is 12.4 Å². The van der Waals surface area contributed by atoms with Crippen LogP contribution in [0, 0.1) is 11.8 Å². The fourth-order valence-corrected chi connectivity index (χ4v) is 6.58. The highest BCUT2D eigenvalue weighted by Crippen LogP contribution is 2.60. The van der Waals surface area contributed by atoms with Gasteiger partial charge in [0.15, 0.2) is 0 Å². The predicted octanol–water partition coefficient (Wildman–Crippen LogP) is 6.15. The van der Waals surface area contributed by atoms with Gasteiger partial charge in [0.05, 0.1) is 18.1 Å². The van der Waals surface area contributed by atoms with E-state index in [4.69, 9.17) is 16.3 Å². The number of hydrogen-bond donors (Lipinski definition) is 0. The van der Waals surface area contributed by atoms with Gasteiger partial charge >= 0.3 is 0 Å². The number of nitrogens with zero attached hydrogens (tertiary/aromatic N) is 2. The van der Waals surface area contributed by atoms with Gasteiger partial charge in [0, 0.05) is 28.0 Å². The Balaban J connectivity index is 1.20. The molecule has 0 aromatic heterocycles. The molecular weight excluding hydrogens is 496 g/mol. The molecule has 4 aliphatic rings. The van der Waals surface area contributed by atoms with Gasteiger partial charge in [-0.25, -0.2) is 0 Å². The highest BCUT2D eigenvalue weighted by atomic mass is 35.5. The molecule has 3 aliphatic carbocycles. The fourth-order valence-electron chi connectivity index (χ4n) is 6.38. The van der Waals surface area contributed by atoms with Gasteiger partial charge < -0.3 is 4.74 Å². The second-order valence-electron chi connectivity index (χ2n) is 9.92. The molecule has 0 unspecified atom stereocenters. The number of ether oxygens (including phenoxy) is 1. The van der Waals surface area contributed by atoms with Crippen LogP contribution in [-0.2, 0) is 16.2 Å². The summed E-state index contributed by atoms with van der Waals surface area (Å²) in [5.41, 5.74) is 6.10. The van der Waals surface area contributed by atoms with E-state index in [1.807, 2.05) is 72.8 Å². The van der Waals surface area contributed by atoms with Crippen molar-refractivity contribution in [1.29, 1.82) is 0 Å². The summed E-state index contributed by atoms with van der Waals surface area (Å²) in [6.45, 7) is 0.288. The van der Waals surface area contributed by atoms with Gasteiger partial charge in [-0.05, 0) is 40.5 Å². The van der Waals surface area contributed by atoms with Crippen LogP contribution in [0.4, 0.5) is 0 Å². The number of halogens is 1. The molecule has 1 saturated heterocycles. The van der Waals surface area contributed by atoms with Crippen LogP contribution >= 0.6 is 11.6 Å². The quantitative estimate of drug-likeness (QED) is 0.235. The molecule has 2 amide bonds. The lowest BCUT2D eigenvalue weighted by molar-refractivity contribution is -0.139. The molecule has 2 atom stereocenters. The Labute approximate surface area is 225 Å². The van der Waals surface area contributed by atoms with Gasteiger partial charge in [0.2, 0.25) is 0 Å². The van der Waals surface area contributed by atoms with E-state index in [9.17, 15) is 9.59 Å². The lowest BCUT2D eigenvalue weighted by Crippen LogP contribution is -2.41. The molecule has 4 aromatic carbocycles. The molecule has 0 radical (unpaired) electrons. The number of hydrazone groups is 1. The second kappa shape index (κ2) is 8.96. The maximum atomic E-state index is 13.8. The number of imide groups is 1. The maximum absolute atomic E-state index is 13.8. The summed E-state index contributed by atoms with van der Waals surface area (Å²) in [5, 5.41) is 6.15. The van der Waals surface area contributed by atoms with Gasteiger partial charge in [0.25, 0.3) is 11.8 Å². The summed E-state index contributed by atoms with van der Waals surface area (Å²) in [6.07, 6.45) is 1.54. The monoisotopic (exact) mass is 518 g/mol. The average Bonchev–Trinajstić information content (AvgIpc) is 3.21. The third-order valence-electron chi connectivity index (χ3n) is 8.00. The van der Waals surface area contributed by atoms with E-state index in [-0.39, 0.29) is 30.3 Å². The van der Waals surface area contributed by atoms with Crippen molar-refractivity contribution in [3.05, 3.63) is 135 Å². The molecule has 8 rings (SSSR count). The van der Waals surface area contributed by atoms with Gasteiger partial charge in [-0.2, -0.15) is 10.1 Å². The Bertz CT molecular complexity index is 1520. The molecule has 5 nitrogen and oxygen atoms in total. The van der Waals surface area contributed by atoms with E-state index in [2.05, 4.69) is 29.4 Å². The van der Waals surface area contributed by atoms with E-state index in [1.54, 1.807) is 0 Å². The van der Waals surface area contributed by atoms with E-state index in [0.29, 0.717) is 16.3 Å². The number of hydrogen-bond acceptors (Lipinski definition) is 4.